The van der Waals surface area contributed by atoms with Crippen molar-refractivity contribution in [1.82, 2.24) is 4.98 Å². The fraction of sp³-hybridized carbons (Fsp3) is 0.125. The van der Waals surface area contributed by atoms with E-state index >= 15 is 0 Å². The first-order valence-electron chi connectivity index (χ1n) is 6.19. The summed E-state index contributed by atoms with van der Waals surface area (Å²) in [5, 5.41) is 1.21. The summed E-state index contributed by atoms with van der Waals surface area (Å²) in [6, 6.07) is 18.7. The number of rotatable bonds is 2. The first-order valence-corrected chi connectivity index (χ1v) is 6.19. The lowest BCUT2D eigenvalue weighted by molar-refractivity contribution is 0.828. The van der Waals surface area contributed by atoms with Crippen molar-refractivity contribution in [3.8, 4) is 11.3 Å². The van der Waals surface area contributed by atoms with Crippen molar-refractivity contribution in [3.63, 3.8) is 0 Å². The molecule has 3 aromatic rings. The Hall–Kier alpha value is -2.06. The van der Waals surface area contributed by atoms with E-state index in [0.717, 1.165) is 11.2 Å². The second-order valence-electron chi connectivity index (χ2n) is 4.61. The van der Waals surface area contributed by atoms with Crippen LogP contribution in [-0.4, -0.2) is 4.98 Å². The Bertz CT molecular complexity index is 666. The number of aromatic amines is 1. The molecule has 2 nitrogen and oxygen atoms in total. The maximum Gasteiger partial charge on any atom is 0.0513 e. The first kappa shape index (κ1) is 11.1. The molecule has 0 spiro atoms. The predicted octanol–water partition coefficient (Wildman–Crippen LogP) is 3.85. The smallest absolute Gasteiger partial charge is 0.0513 e. The highest BCUT2D eigenvalue weighted by atomic mass is 14.7. The third-order valence-corrected chi connectivity index (χ3v) is 3.26. The Morgan fingerprint density at radius 3 is 2.33 bits per heavy atom. The summed E-state index contributed by atoms with van der Waals surface area (Å²) in [7, 11) is 0. The van der Waals surface area contributed by atoms with Crippen molar-refractivity contribution < 1.29 is 0 Å². The van der Waals surface area contributed by atoms with Gasteiger partial charge in [0, 0.05) is 22.5 Å². The van der Waals surface area contributed by atoms with Gasteiger partial charge in [0.15, 0.2) is 0 Å². The lowest BCUT2D eigenvalue weighted by atomic mass is 10.0. The van der Waals surface area contributed by atoms with E-state index in [1.54, 1.807) is 0 Å². The van der Waals surface area contributed by atoms with Gasteiger partial charge in [0.25, 0.3) is 0 Å². The Kier molecular flexibility index (Phi) is 2.65. The molecule has 0 unspecified atom stereocenters. The van der Waals surface area contributed by atoms with Gasteiger partial charge < -0.3 is 10.7 Å². The van der Waals surface area contributed by atoms with Gasteiger partial charge in [-0.1, -0.05) is 48.5 Å². The highest BCUT2D eigenvalue weighted by molar-refractivity contribution is 5.91. The molecule has 0 aliphatic heterocycles. The van der Waals surface area contributed by atoms with Gasteiger partial charge in [-0.15, -0.1) is 0 Å². The average molecular weight is 236 g/mol. The third kappa shape index (κ3) is 1.71. The van der Waals surface area contributed by atoms with Crippen LogP contribution in [0.4, 0.5) is 0 Å². The number of para-hydroxylation sites is 1. The number of nitrogens with two attached hydrogens (primary N) is 1. The molecule has 1 heterocycles. The summed E-state index contributed by atoms with van der Waals surface area (Å²) in [6.45, 7) is 2.03. The summed E-state index contributed by atoms with van der Waals surface area (Å²) in [5.41, 5.74) is 10.8. The molecule has 1 aromatic heterocycles. The Morgan fingerprint density at radius 1 is 0.944 bits per heavy atom. The molecule has 3 rings (SSSR count). The van der Waals surface area contributed by atoms with Crippen molar-refractivity contribution in [3.05, 3.63) is 60.2 Å². The molecule has 0 saturated heterocycles. The SMILES string of the molecule is C[C@@H](N)c1c(-c2ccccc2)[nH]c2ccccc12. The maximum absolute atomic E-state index is 6.14. The molecule has 0 aliphatic carbocycles. The molecule has 0 amide bonds. The highest BCUT2D eigenvalue weighted by Crippen LogP contribution is 2.33. The van der Waals surface area contributed by atoms with Crippen LogP contribution in [0.3, 0.4) is 0 Å². The van der Waals surface area contributed by atoms with Gasteiger partial charge in [-0.2, -0.15) is 0 Å². The third-order valence-electron chi connectivity index (χ3n) is 3.26. The number of aromatic nitrogens is 1. The van der Waals surface area contributed by atoms with Gasteiger partial charge in [-0.3, -0.25) is 0 Å². The largest absolute Gasteiger partial charge is 0.354 e. The highest BCUT2D eigenvalue weighted by Gasteiger charge is 2.15. The van der Waals surface area contributed by atoms with Crippen LogP contribution in [-0.2, 0) is 0 Å². The van der Waals surface area contributed by atoms with Crippen LogP contribution in [0.1, 0.15) is 18.5 Å². The summed E-state index contributed by atoms with van der Waals surface area (Å²) in [4.78, 5) is 3.48. The maximum atomic E-state index is 6.14. The average Bonchev–Trinajstić information content (AvgIpc) is 2.79. The van der Waals surface area contributed by atoms with Gasteiger partial charge in [-0.05, 0) is 18.6 Å². The zero-order valence-corrected chi connectivity index (χ0v) is 10.4. The zero-order valence-electron chi connectivity index (χ0n) is 10.4. The van der Waals surface area contributed by atoms with Crippen molar-refractivity contribution in [2.45, 2.75) is 13.0 Å². The van der Waals surface area contributed by atoms with Gasteiger partial charge in [0.1, 0.15) is 0 Å². The summed E-state index contributed by atoms with van der Waals surface area (Å²) in [5.74, 6) is 0. The molecule has 0 aliphatic rings. The molecule has 18 heavy (non-hydrogen) atoms. The minimum atomic E-state index is 0.0105. The van der Waals surface area contributed by atoms with Gasteiger partial charge in [-0.25, -0.2) is 0 Å². The van der Waals surface area contributed by atoms with Crippen molar-refractivity contribution >= 4 is 10.9 Å². The second-order valence-corrected chi connectivity index (χ2v) is 4.61. The van der Waals surface area contributed by atoms with Crippen LogP contribution in [0, 0.1) is 0 Å². The quantitative estimate of drug-likeness (QED) is 0.697. The molecule has 0 fully saturated rings. The van der Waals surface area contributed by atoms with E-state index < -0.39 is 0 Å². The molecule has 0 bridgehead atoms. The van der Waals surface area contributed by atoms with Gasteiger partial charge in [0.2, 0.25) is 0 Å². The molecule has 2 heteroatoms. The molecule has 0 radical (unpaired) electrons. The topological polar surface area (TPSA) is 41.8 Å². The lowest BCUT2D eigenvalue weighted by Crippen LogP contribution is -2.05. The van der Waals surface area contributed by atoms with E-state index in [-0.39, 0.29) is 6.04 Å². The molecule has 0 saturated carbocycles. The minimum Gasteiger partial charge on any atom is -0.354 e. The fourth-order valence-corrected chi connectivity index (χ4v) is 2.47. The number of nitrogens with one attached hydrogen (secondary N) is 1. The molecule has 1 atom stereocenters. The van der Waals surface area contributed by atoms with E-state index in [2.05, 4.69) is 35.3 Å². The first-order chi connectivity index (χ1) is 8.77. The van der Waals surface area contributed by atoms with E-state index in [1.807, 2.05) is 31.2 Å². The Labute approximate surface area is 106 Å². The molecular formula is C16H16N2. The number of H-pyrrole nitrogens is 1. The van der Waals surface area contributed by atoms with Crippen LogP contribution >= 0.6 is 0 Å². The minimum absolute atomic E-state index is 0.0105. The van der Waals surface area contributed by atoms with Crippen LogP contribution in [0.5, 0.6) is 0 Å². The standard InChI is InChI=1S/C16H16N2/c1-11(17)15-13-9-5-6-10-14(13)18-16(15)12-7-3-2-4-8-12/h2-11,18H,17H2,1H3/t11-/m1/s1. The normalized spacial score (nSPS) is 12.8. The van der Waals surface area contributed by atoms with Crippen molar-refractivity contribution in [2.75, 3.05) is 0 Å². The fourth-order valence-electron chi connectivity index (χ4n) is 2.47. The van der Waals surface area contributed by atoms with Crippen LogP contribution in [0.2, 0.25) is 0 Å². The van der Waals surface area contributed by atoms with Crippen molar-refractivity contribution in [1.29, 1.82) is 0 Å². The van der Waals surface area contributed by atoms with E-state index in [4.69, 9.17) is 5.73 Å². The summed E-state index contributed by atoms with van der Waals surface area (Å²) < 4.78 is 0. The number of hydrogen-bond donors (Lipinski definition) is 2. The van der Waals surface area contributed by atoms with Crippen molar-refractivity contribution in [2.24, 2.45) is 5.73 Å². The van der Waals surface area contributed by atoms with E-state index in [1.165, 1.54) is 16.5 Å². The van der Waals surface area contributed by atoms with E-state index in [9.17, 15) is 0 Å². The second kappa shape index (κ2) is 4.31. The predicted molar refractivity (Wildman–Crippen MR) is 76.3 cm³/mol. The van der Waals surface area contributed by atoms with Gasteiger partial charge in [0.05, 0.1) is 5.69 Å². The van der Waals surface area contributed by atoms with Gasteiger partial charge >= 0.3 is 0 Å². The molecule has 2 aromatic carbocycles. The molecule has 3 N–H and O–H groups in total. The monoisotopic (exact) mass is 236 g/mol. The van der Waals surface area contributed by atoms with Crippen LogP contribution < -0.4 is 5.73 Å². The lowest BCUT2D eigenvalue weighted by Gasteiger charge is -2.08. The zero-order chi connectivity index (χ0) is 12.5. The van der Waals surface area contributed by atoms with Crippen LogP contribution in [0.15, 0.2) is 54.6 Å². The summed E-state index contributed by atoms with van der Waals surface area (Å²) >= 11 is 0. The summed E-state index contributed by atoms with van der Waals surface area (Å²) in [6.07, 6.45) is 0. The number of hydrogen-bond acceptors (Lipinski definition) is 1. The molecular weight excluding hydrogens is 220 g/mol. The Morgan fingerprint density at radius 2 is 1.61 bits per heavy atom. The Balaban J connectivity index is 2.32. The number of fused-ring (bicyclic) bond motifs is 1. The number of benzene rings is 2. The molecule has 90 valence electrons. The van der Waals surface area contributed by atoms with E-state index in [0.29, 0.717) is 0 Å². The van der Waals surface area contributed by atoms with Crippen LogP contribution in [0.25, 0.3) is 22.2 Å².